The highest BCUT2D eigenvalue weighted by Crippen LogP contribution is 2.33. The van der Waals surface area contributed by atoms with Crippen LogP contribution in [0.3, 0.4) is 0 Å². The highest BCUT2D eigenvalue weighted by atomic mass is 35.5. The molecule has 0 aliphatic carbocycles. The third-order valence-corrected chi connectivity index (χ3v) is 3.41. The molecule has 2 rings (SSSR count). The summed E-state index contributed by atoms with van der Waals surface area (Å²) in [6.07, 6.45) is 1.04. The van der Waals surface area contributed by atoms with Crippen LogP contribution in [0.1, 0.15) is 18.9 Å². The summed E-state index contributed by atoms with van der Waals surface area (Å²) in [6, 6.07) is 9.68. The summed E-state index contributed by atoms with van der Waals surface area (Å²) < 4.78 is 19.5. The van der Waals surface area contributed by atoms with Crippen LogP contribution in [0.5, 0.6) is 11.5 Å². The molecule has 0 atom stereocenters. The average molecular weight is 328 g/mol. The molecule has 0 unspecified atom stereocenters. The lowest BCUT2D eigenvalue weighted by Gasteiger charge is -2.10. The van der Waals surface area contributed by atoms with Crippen LogP contribution in [0.25, 0.3) is 0 Å². The summed E-state index contributed by atoms with van der Waals surface area (Å²) in [6.45, 7) is 3.61. The largest absolute Gasteiger partial charge is 0.453 e. The Kier molecular flexibility index (Phi) is 5.85. The van der Waals surface area contributed by atoms with Crippen molar-refractivity contribution >= 4 is 23.2 Å². The molecule has 112 valence electrons. The minimum atomic E-state index is -0.429. The molecule has 0 spiro atoms. The van der Waals surface area contributed by atoms with E-state index in [1.165, 1.54) is 6.07 Å². The molecule has 21 heavy (non-hydrogen) atoms. The van der Waals surface area contributed by atoms with Gasteiger partial charge in [0.05, 0.1) is 5.02 Å². The number of halogens is 3. The van der Waals surface area contributed by atoms with Gasteiger partial charge in [-0.05, 0) is 42.8 Å². The first kappa shape index (κ1) is 16.1. The third-order valence-electron chi connectivity index (χ3n) is 2.87. The van der Waals surface area contributed by atoms with Gasteiger partial charge < -0.3 is 10.1 Å². The van der Waals surface area contributed by atoms with Crippen LogP contribution in [0.2, 0.25) is 10.0 Å². The quantitative estimate of drug-likeness (QED) is 0.715. The van der Waals surface area contributed by atoms with Gasteiger partial charge in [0.25, 0.3) is 0 Å². The van der Waals surface area contributed by atoms with Gasteiger partial charge in [0.1, 0.15) is 5.75 Å². The lowest BCUT2D eigenvalue weighted by molar-refractivity contribution is 0.441. The smallest absolute Gasteiger partial charge is 0.166 e. The topological polar surface area (TPSA) is 21.3 Å². The molecular weight excluding hydrogens is 312 g/mol. The molecule has 0 saturated carbocycles. The Bertz CT molecular complexity index is 619. The first-order chi connectivity index (χ1) is 10.1. The number of nitrogens with one attached hydrogen (secondary N) is 1. The fraction of sp³-hybridized carbons (Fsp3) is 0.250. The lowest BCUT2D eigenvalue weighted by atomic mass is 10.2. The van der Waals surface area contributed by atoms with Crippen molar-refractivity contribution in [3.8, 4) is 11.5 Å². The first-order valence-electron chi connectivity index (χ1n) is 6.72. The van der Waals surface area contributed by atoms with Gasteiger partial charge >= 0.3 is 0 Å². The maximum atomic E-state index is 14.0. The Labute approximate surface area is 133 Å². The SMILES string of the molecule is CCCNCc1ccc(Oc2cc(Cl)ccc2Cl)c(F)c1. The van der Waals surface area contributed by atoms with E-state index in [-0.39, 0.29) is 5.75 Å². The normalized spacial score (nSPS) is 10.7. The molecule has 1 N–H and O–H groups in total. The van der Waals surface area contributed by atoms with Gasteiger partial charge in [-0.15, -0.1) is 0 Å². The zero-order valence-corrected chi connectivity index (χ0v) is 13.1. The predicted molar refractivity (Wildman–Crippen MR) is 84.9 cm³/mol. The Morgan fingerprint density at radius 3 is 2.62 bits per heavy atom. The van der Waals surface area contributed by atoms with E-state index >= 15 is 0 Å². The Morgan fingerprint density at radius 1 is 1.10 bits per heavy atom. The maximum Gasteiger partial charge on any atom is 0.166 e. The van der Waals surface area contributed by atoms with E-state index in [1.54, 1.807) is 24.3 Å². The highest BCUT2D eigenvalue weighted by molar-refractivity contribution is 6.34. The number of ether oxygens (including phenoxy) is 1. The molecule has 0 heterocycles. The highest BCUT2D eigenvalue weighted by Gasteiger charge is 2.09. The zero-order chi connectivity index (χ0) is 15.2. The Morgan fingerprint density at radius 2 is 1.90 bits per heavy atom. The van der Waals surface area contributed by atoms with Gasteiger partial charge in [-0.1, -0.05) is 36.2 Å². The van der Waals surface area contributed by atoms with Crippen LogP contribution in [-0.2, 0) is 6.54 Å². The molecule has 0 radical (unpaired) electrons. The summed E-state index contributed by atoms with van der Waals surface area (Å²) in [5, 5.41) is 4.08. The van der Waals surface area contributed by atoms with Gasteiger partial charge in [-0.2, -0.15) is 0 Å². The van der Waals surface area contributed by atoms with E-state index in [0.717, 1.165) is 18.5 Å². The molecule has 2 aromatic rings. The van der Waals surface area contributed by atoms with E-state index in [1.807, 2.05) is 6.07 Å². The number of rotatable bonds is 6. The van der Waals surface area contributed by atoms with E-state index in [2.05, 4.69) is 12.2 Å². The fourth-order valence-corrected chi connectivity index (χ4v) is 2.14. The van der Waals surface area contributed by atoms with Gasteiger partial charge in [-0.3, -0.25) is 0 Å². The molecular formula is C16H16Cl2FNO. The van der Waals surface area contributed by atoms with Crippen molar-refractivity contribution in [2.45, 2.75) is 19.9 Å². The molecule has 0 saturated heterocycles. The van der Waals surface area contributed by atoms with Gasteiger partial charge in [0, 0.05) is 17.6 Å². The van der Waals surface area contributed by atoms with Crippen LogP contribution in [-0.4, -0.2) is 6.54 Å². The van der Waals surface area contributed by atoms with Crippen LogP contribution in [0, 0.1) is 5.82 Å². The van der Waals surface area contributed by atoms with Crippen molar-refractivity contribution in [1.29, 1.82) is 0 Å². The van der Waals surface area contributed by atoms with Crippen LogP contribution < -0.4 is 10.1 Å². The zero-order valence-electron chi connectivity index (χ0n) is 11.6. The third kappa shape index (κ3) is 4.60. The fourth-order valence-electron chi connectivity index (χ4n) is 1.82. The number of hydrogen-bond donors (Lipinski definition) is 1. The summed E-state index contributed by atoms with van der Waals surface area (Å²) >= 11 is 11.9. The molecule has 0 fully saturated rings. The number of benzene rings is 2. The summed E-state index contributed by atoms with van der Waals surface area (Å²) in [4.78, 5) is 0. The first-order valence-corrected chi connectivity index (χ1v) is 7.47. The van der Waals surface area contributed by atoms with Crippen LogP contribution >= 0.6 is 23.2 Å². The van der Waals surface area contributed by atoms with Crippen molar-refractivity contribution in [2.24, 2.45) is 0 Å². The van der Waals surface area contributed by atoms with Crippen molar-refractivity contribution in [3.63, 3.8) is 0 Å². The molecule has 0 aliphatic heterocycles. The summed E-state index contributed by atoms with van der Waals surface area (Å²) in [5.74, 6) is 0.0279. The van der Waals surface area contributed by atoms with Gasteiger partial charge in [0.15, 0.2) is 11.6 Å². The van der Waals surface area contributed by atoms with Gasteiger partial charge in [-0.25, -0.2) is 4.39 Å². The molecule has 0 aliphatic rings. The molecule has 0 aromatic heterocycles. The maximum absolute atomic E-state index is 14.0. The van der Waals surface area contributed by atoms with E-state index in [0.29, 0.717) is 22.3 Å². The molecule has 0 amide bonds. The van der Waals surface area contributed by atoms with Crippen molar-refractivity contribution < 1.29 is 9.13 Å². The molecule has 0 bridgehead atoms. The molecule has 5 heteroatoms. The van der Waals surface area contributed by atoms with E-state index in [4.69, 9.17) is 27.9 Å². The monoisotopic (exact) mass is 327 g/mol. The van der Waals surface area contributed by atoms with Crippen molar-refractivity contribution in [1.82, 2.24) is 5.32 Å². The molecule has 2 nitrogen and oxygen atoms in total. The lowest BCUT2D eigenvalue weighted by Crippen LogP contribution is -2.13. The van der Waals surface area contributed by atoms with E-state index in [9.17, 15) is 4.39 Å². The van der Waals surface area contributed by atoms with Gasteiger partial charge in [0.2, 0.25) is 0 Å². The van der Waals surface area contributed by atoms with Crippen molar-refractivity contribution in [3.05, 3.63) is 57.8 Å². The minimum Gasteiger partial charge on any atom is -0.453 e. The second kappa shape index (κ2) is 7.64. The Hall–Kier alpha value is -1.29. The second-order valence-corrected chi connectivity index (χ2v) is 5.46. The average Bonchev–Trinajstić information content (AvgIpc) is 2.46. The Balaban J connectivity index is 2.12. The number of hydrogen-bond acceptors (Lipinski definition) is 2. The van der Waals surface area contributed by atoms with E-state index < -0.39 is 5.82 Å². The van der Waals surface area contributed by atoms with Crippen LogP contribution in [0.4, 0.5) is 4.39 Å². The summed E-state index contributed by atoms with van der Waals surface area (Å²) in [7, 11) is 0. The second-order valence-electron chi connectivity index (χ2n) is 4.62. The standard InChI is InChI=1S/C16H16Cl2FNO/c1-2-7-20-10-11-3-6-15(14(19)8-11)21-16-9-12(17)4-5-13(16)18/h3-6,8-9,20H,2,7,10H2,1H3. The van der Waals surface area contributed by atoms with Crippen molar-refractivity contribution in [2.75, 3.05) is 6.54 Å². The van der Waals surface area contributed by atoms with Crippen LogP contribution in [0.15, 0.2) is 36.4 Å². The molecule has 2 aromatic carbocycles. The summed E-state index contributed by atoms with van der Waals surface area (Å²) in [5.41, 5.74) is 0.866. The predicted octanol–water partition coefficient (Wildman–Crippen LogP) is 5.42. The minimum absolute atomic E-state index is 0.124.